The predicted octanol–water partition coefficient (Wildman–Crippen LogP) is 1.81. The van der Waals surface area contributed by atoms with E-state index in [2.05, 4.69) is 53.0 Å². The zero-order valence-corrected chi connectivity index (χ0v) is 11.7. The topological polar surface area (TPSA) is 18.5 Å². The van der Waals surface area contributed by atoms with Crippen LogP contribution in [0.15, 0.2) is 30.9 Å². The summed E-state index contributed by atoms with van der Waals surface area (Å²) < 4.78 is 0. The number of benzene rings is 1. The molecule has 3 rings (SSSR count). The van der Waals surface area contributed by atoms with Crippen molar-refractivity contribution in [1.29, 1.82) is 0 Å². The van der Waals surface area contributed by atoms with E-state index < -0.39 is 0 Å². The van der Waals surface area contributed by atoms with Crippen LogP contribution in [0.2, 0.25) is 0 Å². The molecule has 1 aromatic carbocycles. The lowest BCUT2D eigenvalue weighted by Crippen LogP contribution is -2.44. The fraction of sp³-hybridized carbons (Fsp3) is 0.500. The maximum absolute atomic E-state index is 4.01. The van der Waals surface area contributed by atoms with Gasteiger partial charge in [-0.05, 0) is 30.7 Å². The maximum Gasteiger partial charge on any atom is 0.0529 e. The first-order valence-corrected chi connectivity index (χ1v) is 7.21. The van der Waals surface area contributed by atoms with Gasteiger partial charge in [-0.1, -0.05) is 18.2 Å². The van der Waals surface area contributed by atoms with Crippen molar-refractivity contribution >= 4 is 5.69 Å². The smallest absolute Gasteiger partial charge is 0.0529 e. The second-order valence-electron chi connectivity index (χ2n) is 5.49. The number of hydrogen-bond donors (Lipinski definition) is 1. The molecular formula is C16H23N3. The molecule has 3 heteroatoms. The van der Waals surface area contributed by atoms with Gasteiger partial charge in [0.05, 0.1) is 6.04 Å². The summed E-state index contributed by atoms with van der Waals surface area (Å²) in [6.07, 6.45) is 3.22. The molecular weight excluding hydrogens is 234 g/mol. The van der Waals surface area contributed by atoms with Gasteiger partial charge in [0, 0.05) is 38.4 Å². The van der Waals surface area contributed by atoms with Crippen LogP contribution in [0.1, 0.15) is 17.2 Å². The van der Waals surface area contributed by atoms with Gasteiger partial charge in [0.1, 0.15) is 0 Å². The average molecular weight is 257 g/mol. The first-order chi connectivity index (χ1) is 9.31. The summed E-state index contributed by atoms with van der Waals surface area (Å²) >= 11 is 0. The number of anilines is 1. The van der Waals surface area contributed by atoms with Gasteiger partial charge in [0.15, 0.2) is 0 Å². The van der Waals surface area contributed by atoms with Gasteiger partial charge in [-0.15, -0.1) is 6.58 Å². The van der Waals surface area contributed by atoms with E-state index in [-0.39, 0.29) is 0 Å². The van der Waals surface area contributed by atoms with Crippen molar-refractivity contribution in [2.75, 3.05) is 44.7 Å². The number of hydrogen-bond acceptors (Lipinski definition) is 3. The lowest BCUT2D eigenvalue weighted by atomic mass is 9.91. The number of fused-ring (bicyclic) bond motifs is 1. The molecule has 3 nitrogen and oxygen atoms in total. The van der Waals surface area contributed by atoms with E-state index in [0.717, 1.165) is 39.1 Å². The summed E-state index contributed by atoms with van der Waals surface area (Å²) in [5.74, 6) is 0. The predicted molar refractivity (Wildman–Crippen MR) is 80.8 cm³/mol. The van der Waals surface area contributed by atoms with Gasteiger partial charge >= 0.3 is 0 Å². The second-order valence-corrected chi connectivity index (χ2v) is 5.49. The molecule has 2 aliphatic rings. The maximum atomic E-state index is 4.01. The van der Waals surface area contributed by atoms with Crippen molar-refractivity contribution in [3.05, 3.63) is 42.0 Å². The number of piperazine rings is 1. The third-order valence-corrected chi connectivity index (χ3v) is 4.38. The molecule has 2 heterocycles. The largest absolute Gasteiger partial charge is 0.369 e. The van der Waals surface area contributed by atoms with Crippen LogP contribution in [-0.2, 0) is 6.42 Å². The fourth-order valence-corrected chi connectivity index (χ4v) is 3.32. The van der Waals surface area contributed by atoms with Crippen LogP contribution in [-0.4, -0.2) is 44.7 Å². The minimum atomic E-state index is 0.367. The van der Waals surface area contributed by atoms with Gasteiger partial charge in [0.25, 0.3) is 0 Å². The van der Waals surface area contributed by atoms with Crippen LogP contribution in [0.3, 0.4) is 0 Å². The van der Waals surface area contributed by atoms with E-state index in [9.17, 15) is 0 Å². The first-order valence-electron chi connectivity index (χ1n) is 7.21. The molecule has 0 saturated carbocycles. The summed E-state index contributed by atoms with van der Waals surface area (Å²) in [7, 11) is 2.19. The quantitative estimate of drug-likeness (QED) is 0.815. The molecule has 1 N–H and O–H groups in total. The Morgan fingerprint density at radius 2 is 2.05 bits per heavy atom. The second kappa shape index (κ2) is 5.35. The lowest BCUT2D eigenvalue weighted by molar-refractivity contribution is 0.272. The molecule has 102 valence electrons. The van der Waals surface area contributed by atoms with Crippen LogP contribution in [0.5, 0.6) is 0 Å². The minimum absolute atomic E-state index is 0.367. The highest BCUT2D eigenvalue weighted by atomic mass is 15.2. The molecule has 0 radical (unpaired) electrons. The molecule has 0 bridgehead atoms. The molecule has 1 saturated heterocycles. The normalized spacial score (nSPS) is 24.1. The number of nitrogens with zero attached hydrogens (tertiary/aromatic N) is 2. The molecule has 0 aliphatic carbocycles. The first kappa shape index (κ1) is 12.7. The molecule has 19 heavy (non-hydrogen) atoms. The molecule has 0 aromatic heterocycles. The standard InChI is InChI=1S/C16H23N3/c1-3-15-13-5-4-6-16(14(13)7-10-18(15)2)19-11-8-17-9-12-19/h3-6,15,17H,1,7-12H2,2H3. The van der Waals surface area contributed by atoms with Crippen molar-refractivity contribution in [2.45, 2.75) is 12.5 Å². The summed E-state index contributed by atoms with van der Waals surface area (Å²) in [5.41, 5.74) is 4.42. The SMILES string of the molecule is C=CC1c2cccc(N3CCNCC3)c2CCN1C. The van der Waals surface area contributed by atoms with Crippen molar-refractivity contribution in [3.8, 4) is 0 Å². The Morgan fingerprint density at radius 3 is 2.79 bits per heavy atom. The molecule has 1 fully saturated rings. The number of nitrogens with one attached hydrogen (secondary N) is 1. The summed E-state index contributed by atoms with van der Waals surface area (Å²) in [6, 6.07) is 7.12. The van der Waals surface area contributed by atoms with Gasteiger partial charge < -0.3 is 10.2 Å². The minimum Gasteiger partial charge on any atom is -0.369 e. The van der Waals surface area contributed by atoms with E-state index in [1.165, 1.54) is 16.8 Å². The average Bonchev–Trinajstić information content (AvgIpc) is 2.47. The third-order valence-electron chi connectivity index (χ3n) is 4.38. The molecule has 0 amide bonds. The van der Waals surface area contributed by atoms with Crippen LogP contribution in [0.25, 0.3) is 0 Å². The summed E-state index contributed by atoms with van der Waals surface area (Å²) in [5, 5.41) is 3.43. The third kappa shape index (κ3) is 2.28. The highest BCUT2D eigenvalue weighted by Gasteiger charge is 2.25. The van der Waals surface area contributed by atoms with Gasteiger partial charge in [-0.3, -0.25) is 4.90 Å². The van der Waals surface area contributed by atoms with Crippen molar-refractivity contribution < 1.29 is 0 Å². The molecule has 1 atom stereocenters. The van der Waals surface area contributed by atoms with Crippen LogP contribution in [0, 0.1) is 0 Å². The van der Waals surface area contributed by atoms with Crippen molar-refractivity contribution in [1.82, 2.24) is 10.2 Å². The van der Waals surface area contributed by atoms with Crippen molar-refractivity contribution in [3.63, 3.8) is 0 Å². The van der Waals surface area contributed by atoms with Gasteiger partial charge in [-0.25, -0.2) is 0 Å². The molecule has 1 aromatic rings. The Labute approximate surface area is 115 Å². The Bertz CT molecular complexity index is 463. The fourth-order valence-electron chi connectivity index (χ4n) is 3.32. The Hall–Kier alpha value is -1.32. The van der Waals surface area contributed by atoms with Crippen LogP contribution in [0.4, 0.5) is 5.69 Å². The molecule has 2 aliphatic heterocycles. The van der Waals surface area contributed by atoms with Crippen LogP contribution < -0.4 is 10.2 Å². The zero-order chi connectivity index (χ0) is 13.2. The summed E-state index contributed by atoms with van der Waals surface area (Å²) in [6.45, 7) is 9.54. The Morgan fingerprint density at radius 1 is 1.26 bits per heavy atom. The highest BCUT2D eigenvalue weighted by molar-refractivity contribution is 5.59. The van der Waals surface area contributed by atoms with E-state index in [1.807, 2.05) is 0 Å². The zero-order valence-electron chi connectivity index (χ0n) is 11.7. The van der Waals surface area contributed by atoms with Crippen LogP contribution >= 0.6 is 0 Å². The number of rotatable bonds is 2. The van der Waals surface area contributed by atoms with E-state index in [1.54, 1.807) is 0 Å². The number of likely N-dealkylation sites (N-methyl/N-ethyl adjacent to an activating group) is 1. The van der Waals surface area contributed by atoms with Gasteiger partial charge in [-0.2, -0.15) is 0 Å². The van der Waals surface area contributed by atoms with E-state index in [4.69, 9.17) is 0 Å². The Kier molecular flexibility index (Phi) is 3.58. The summed E-state index contributed by atoms with van der Waals surface area (Å²) in [4.78, 5) is 4.91. The van der Waals surface area contributed by atoms with E-state index >= 15 is 0 Å². The van der Waals surface area contributed by atoms with Gasteiger partial charge in [0.2, 0.25) is 0 Å². The Balaban J connectivity index is 1.98. The highest BCUT2D eigenvalue weighted by Crippen LogP contribution is 2.35. The van der Waals surface area contributed by atoms with E-state index in [0.29, 0.717) is 6.04 Å². The molecule has 0 spiro atoms. The monoisotopic (exact) mass is 257 g/mol. The molecule has 1 unspecified atom stereocenters. The van der Waals surface area contributed by atoms with Crippen molar-refractivity contribution in [2.24, 2.45) is 0 Å². The lowest BCUT2D eigenvalue weighted by Gasteiger charge is -2.37.